The first-order chi connectivity index (χ1) is 8.24. The molecule has 0 bridgehead atoms. The molecule has 0 aliphatic heterocycles. The summed E-state index contributed by atoms with van der Waals surface area (Å²) in [5, 5.41) is 9.86. The fourth-order valence-corrected chi connectivity index (χ4v) is 1.97. The number of fused-ring (bicyclic) bond motifs is 1. The van der Waals surface area contributed by atoms with Crippen molar-refractivity contribution in [2.45, 2.75) is 0 Å². The Kier molecular flexibility index (Phi) is 2.50. The van der Waals surface area contributed by atoms with E-state index < -0.39 is 0 Å². The van der Waals surface area contributed by atoms with E-state index in [2.05, 4.69) is 10.2 Å². The minimum absolute atomic E-state index is 0.565. The van der Waals surface area contributed by atoms with E-state index in [1.165, 1.54) is 4.80 Å². The zero-order valence-corrected chi connectivity index (χ0v) is 10.2. The van der Waals surface area contributed by atoms with E-state index in [0.717, 1.165) is 11.0 Å². The van der Waals surface area contributed by atoms with Crippen molar-refractivity contribution in [1.82, 2.24) is 15.0 Å². The van der Waals surface area contributed by atoms with Crippen LogP contribution in [0.3, 0.4) is 0 Å². The third kappa shape index (κ3) is 1.88. The van der Waals surface area contributed by atoms with Crippen LogP contribution < -0.4 is 0 Å². The van der Waals surface area contributed by atoms with Crippen molar-refractivity contribution in [3.63, 3.8) is 0 Å². The first-order valence-electron chi connectivity index (χ1n) is 5.01. The van der Waals surface area contributed by atoms with Crippen LogP contribution in [0.4, 0.5) is 0 Å². The van der Waals surface area contributed by atoms with E-state index in [-0.39, 0.29) is 0 Å². The van der Waals surface area contributed by atoms with Crippen LogP contribution in [0.1, 0.15) is 0 Å². The van der Waals surface area contributed by atoms with Crippen molar-refractivity contribution in [3.8, 4) is 5.69 Å². The summed E-state index contributed by atoms with van der Waals surface area (Å²) in [6.45, 7) is 0. The maximum atomic E-state index is 6.10. The second-order valence-electron chi connectivity index (χ2n) is 3.57. The highest BCUT2D eigenvalue weighted by Crippen LogP contribution is 2.24. The number of rotatable bonds is 1. The average Bonchev–Trinajstić information content (AvgIpc) is 2.75. The molecular formula is C12H7Cl2N3. The number of hydrogen-bond acceptors (Lipinski definition) is 2. The van der Waals surface area contributed by atoms with Crippen molar-refractivity contribution in [3.05, 3.63) is 52.5 Å². The van der Waals surface area contributed by atoms with Gasteiger partial charge in [-0.3, -0.25) is 0 Å². The van der Waals surface area contributed by atoms with Gasteiger partial charge in [-0.15, -0.1) is 15.0 Å². The van der Waals surface area contributed by atoms with Crippen LogP contribution in [0, 0.1) is 0 Å². The highest BCUT2D eigenvalue weighted by Gasteiger charge is 2.08. The van der Waals surface area contributed by atoms with Gasteiger partial charge in [-0.25, -0.2) is 0 Å². The van der Waals surface area contributed by atoms with E-state index >= 15 is 0 Å². The Morgan fingerprint density at radius 1 is 0.882 bits per heavy atom. The molecule has 0 radical (unpaired) electrons. The van der Waals surface area contributed by atoms with Crippen molar-refractivity contribution < 1.29 is 0 Å². The van der Waals surface area contributed by atoms with Gasteiger partial charge in [-0.1, -0.05) is 35.3 Å². The molecule has 17 heavy (non-hydrogen) atoms. The van der Waals surface area contributed by atoms with E-state index in [4.69, 9.17) is 23.2 Å². The molecule has 0 saturated carbocycles. The molecule has 0 aliphatic rings. The van der Waals surface area contributed by atoms with Crippen LogP contribution in [0.25, 0.3) is 16.7 Å². The average molecular weight is 264 g/mol. The summed E-state index contributed by atoms with van der Waals surface area (Å²) in [7, 11) is 0. The molecule has 0 N–H and O–H groups in total. The molecular weight excluding hydrogens is 257 g/mol. The predicted octanol–water partition coefficient (Wildman–Crippen LogP) is 3.73. The number of nitrogens with zero attached hydrogens (tertiary/aromatic N) is 3. The highest BCUT2D eigenvalue weighted by atomic mass is 35.5. The minimum Gasteiger partial charge on any atom is -0.149 e. The Morgan fingerprint density at radius 2 is 1.53 bits per heavy atom. The van der Waals surface area contributed by atoms with Crippen molar-refractivity contribution in [2.75, 3.05) is 0 Å². The summed E-state index contributed by atoms with van der Waals surface area (Å²) in [6.07, 6.45) is 0. The van der Waals surface area contributed by atoms with Gasteiger partial charge in [0.2, 0.25) is 0 Å². The van der Waals surface area contributed by atoms with E-state index in [1.807, 2.05) is 24.3 Å². The molecule has 0 amide bonds. The topological polar surface area (TPSA) is 30.7 Å². The lowest BCUT2D eigenvalue weighted by atomic mass is 10.3. The van der Waals surface area contributed by atoms with Crippen LogP contribution >= 0.6 is 23.2 Å². The van der Waals surface area contributed by atoms with Gasteiger partial charge < -0.3 is 0 Å². The summed E-state index contributed by atoms with van der Waals surface area (Å²) in [5.41, 5.74) is 2.32. The molecule has 0 saturated heterocycles. The normalized spacial score (nSPS) is 10.9. The van der Waals surface area contributed by atoms with Gasteiger partial charge in [0.05, 0.1) is 5.02 Å². The van der Waals surface area contributed by atoms with Crippen LogP contribution in [-0.2, 0) is 0 Å². The van der Waals surface area contributed by atoms with Crippen LogP contribution in [0.5, 0.6) is 0 Å². The van der Waals surface area contributed by atoms with Crippen molar-refractivity contribution in [1.29, 1.82) is 0 Å². The summed E-state index contributed by atoms with van der Waals surface area (Å²) in [6, 6.07) is 12.8. The Balaban J connectivity index is 2.23. The molecule has 0 aliphatic carbocycles. The molecule has 84 valence electrons. The van der Waals surface area contributed by atoms with Gasteiger partial charge in [0.15, 0.2) is 0 Å². The molecule has 1 heterocycles. The largest absolute Gasteiger partial charge is 0.149 e. The fourth-order valence-electron chi connectivity index (χ4n) is 1.61. The lowest BCUT2D eigenvalue weighted by Crippen LogP contribution is -1.99. The summed E-state index contributed by atoms with van der Waals surface area (Å²) >= 11 is 12.0. The van der Waals surface area contributed by atoms with Gasteiger partial charge in [-0.05, 0) is 30.3 Å². The van der Waals surface area contributed by atoms with E-state index in [1.54, 1.807) is 18.2 Å². The molecule has 1 aromatic heterocycles. The molecule has 0 fully saturated rings. The second kappa shape index (κ2) is 4.02. The number of hydrogen-bond donors (Lipinski definition) is 0. The maximum Gasteiger partial charge on any atom is 0.113 e. The quantitative estimate of drug-likeness (QED) is 0.670. The zero-order valence-electron chi connectivity index (χ0n) is 8.64. The Morgan fingerprint density at radius 3 is 2.18 bits per heavy atom. The van der Waals surface area contributed by atoms with Crippen molar-refractivity contribution in [2.24, 2.45) is 0 Å². The third-order valence-corrected chi connectivity index (χ3v) is 2.97. The van der Waals surface area contributed by atoms with Gasteiger partial charge >= 0.3 is 0 Å². The summed E-state index contributed by atoms with van der Waals surface area (Å²) in [4.78, 5) is 1.50. The van der Waals surface area contributed by atoms with Gasteiger partial charge in [0.1, 0.15) is 16.7 Å². The molecule has 3 aromatic rings. The molecule has 0 spiro atoms. The minimum atomic E-state index is 0.565. The van der Waals surface area contributed by atoms with Crippen LogP contribution in [-0.4, -0.2) is 15.0 Å². The smallest absolute Gasteiger partial charge is 0.113 e. The molecule has 2 aromatic carbocycles. The number of aromatic nitrogens is 3. The SMILES string of the molecule is Clc1ccc(Cl)c(-n2nc3ccccc3n2)c1. The predicted molar refractivity (Wildman–Crippen MR) is 68.9 cm³/mol. The molecule has 5 heteroatoms. The first-order valence-corrected chi connectivity index (χ1v) is 5.77. The Hall–Kier alpha value is -1.58. The third-order valence-electron chi connectivity index (χ3n) is 2.41. The van der Waals surface area contributed by atoms with Gasteiger partial charge in [-0.2, -0.15) is 0 Å². The molecule has 0 unspecified atom stereocenters. The number of benzene rings is 2. The zero-order chi connectivity index (χ0) is 11.8. The highest BCUT2D eigenvalue weighted by molar-refractivity contribution is 6.34. The molecule has 3 rings (SSSR count). The summed E-state index contributed by atoms with van der Waals surface area (Å²) < 4.78 is 0. The van der Waals surface area contributed by atoms with Gasteiger partial charge in [0.25, 0.3) is 0 Å². The fraction of sp³-hybridized carbons (Fsp3) is 0. The van der Waals surface area contributed by atoms with Crippen LogP contribution in [0.2, 0.25) is 10.0 Å². The Labute approximate surface area is 108 Å². The van der Waals surface area contributed by atoms with Crippen molar-refractivity contribution >= 4 is 34.2 Å². The van der Waals surface area contributed by atoms with Gasteiger partial charge in [0, 0.05) is 5.02 Å². The lowest BCUT2D eigenvalue weighted by Gasteiger charge is -2.02. The molecule has 3 nitrogen and oxygen atoms in total. The maximum absolute atomic E-state index is 6.10. The standard InChI is InChI=1S/C12H7Cl2N3/c13-8-5-6-9(14)12(7-8)17-15-10-3-1-2-4-11(10)16-17/h1-7H. The first kappa shape index (κ1) is 10.6. The molecule has 0 atom stereocenters. The monoisotopic (exact) mass is 263 g/mol. The van der Waals surface area contributed by atoms with E-state index in [9.17, 15) is 0 Å². The second-order valence-corrected chi connectivity index (χ2v) is 4.42. The summed E-state index contributed by atoms with van der Waals surface area (Å²) in [5.74, 6) is 0. The lowest BCUT2D eigenvalue weighted by molar-refractivity contribution is 0.766. The Bertz CT molecular complexity index is 658. The van der Waals surface area contributed by atoms with Crippen LogP contribution in [0.15, 0.2) is 42.5 Å². The number of halogens is 2. The van der Waals surface area contributed by atoms with E-state index in [0.29, 0.717) is 15.7 Å².